The molecule has 0 atom stereocenters. The summed E-state index contributed by atoms with van der Waals surface area (Å²) in [5.74, 6) is 1.20. The minimum absolute atomic E-state index is 1.20. The average Bonchev–Trinajstić information content (AvgIpc) is 3.06. The van der Waals surface area contributed by atoms with Gasteiger partial charge in [0.2, 0.25) is 0 Å². The normalized spacial score (nSPS) is 11.2. The lowest BCUT2D eigenvalue weighted by atomic mass is 10.0. The van der Waals surface area contributed by atoms with Crippen LogP contribution in [-0.4, -0.2) is 4.57 Å². The van der Waals surface area contributed by atoms with Crippen molar-refractivity contribution in [2.45, 2.75) is 20.8 Å². The highest BCUT2D eigenvalue weighted by atomic mass is 15.2. The van der Waals surface area contributed by atoms with Crippen molar-refractivity contribution in [2.75, 3.05) is 0 Å². The molecule has 0 amide bonds. The summed E-state index contributed by atoms with van der Waals surface area (Å²) in [7, 11) is 2.18. The van der Waals surface area contributed by atoms with E-state index in [2.05, 4.69) is 128 Å². The van der Waals surface area contributed by atoms with E-state index in [0.29, 0.717) is 0 Å². The molecule has 152 valence electrons. The van der Waals surface area contributed by atoms with Gasteiger partial charge in [0.1, 0.15) is 5.69 Å². The van der Waals surface area contributed by atoms with Crippen molar-refractivity contribution in [1.29, 1.82) is 0 Å². The molecule has 0 N–H and O–H groups in total. The summed E-state index contributed by atoms with van der Waals surface area (Å²) >= 11 is 0. The summed E-state index contributed by atoms with van der Waals surface area (Å²) in [5, 5.41) is 0. The van der Waals surface area contributed by atoms with Crippen LogP contribution in [0.15, 0.2) is 91.0 Å². The summed E-state index contributed by atoms with van der Waals surface area (Å²) in [6.45, 7) is 6.60. The van der Waals surface area contributed by atoms with E-state index in [1.165, 1.54) is 55.9 Å². The third-order valence-corrected chi connectivity index (χ3v) is 6.26. The number of aryl methyl sites for hydroxylation is 4. The van der Waals surface area contributed by atoms with Crippen LogP contribution in [-0.2, 0) is 7.05 Å². The first kappa shape index (κ1) is 19.3. The molecular weight excluding hydrogens is 376 g/mol. The fourth-order valence-corrected chi connectivity index (χ4v) is 4.68. The Labute approximate surface area is 184 Å². The Balaban J connectivity index is 1.90. The zero-order valence-electron chi connectivity index (χ0n) is 18.6. The van der Waals surface area contributed by atoms with Crippen LogP contribution >= 0.6 is 0 Å². The smallest absolute Gasteiger partial charge is 0.225 e. The van der Waals surface area contributed by atoms with Gasteiger partial charge >= 0.3 is 0 Å². The van der Waals surface area contributed by atoms with Gasteiger partial charge in [0, 0.05) is 0 Å². The third kappa shape index (κ3) is 3.16. The van der Waals surface area contributed by atoms with E-state index in [0.717, 1.165) is 0 Å². The molecule has 0 spiro atoms. The highest BCUT2D eigenvalue weighted by Gasteiger charge is 2.28. The lowest BCUT2D eigenvalue weighted by molar-refractivity contribution is -0.556. The highest BCUT2D eigenvalue weighted by Crippen LogP contribution is 2.31. The molecular formula is C29H27N2+. The largest absolute Gasteiger partial charge is 0.295 e. The Morgan fingerprint density at radius 2 is 1.26 bits per heavy atom. The molecule has 0 bridgehead atoms. The predicted molar refractivity (Wildman–Crippen MR) is 130 cm³/mol. The molecule has 2 heteroatoms. The van der Waals surface area contributed by atoms with Crippen LogP contribution in [0.25, 0.3) is 39.2 Å². The minimum atomic E-state index is 1.20. The molecule has 1 aromatic heterocycles. The topological polar surface area (TPSA) is 8.81 Å². The van der Waals surface area contributed by atoms with Crippen LogP contribution in [0.3, 0.4) is 0 Å². The second kappa shape index (κ2) is 7.55. The summed E-state index contributed by atoms with van der Waals surface area (Å²) in [6.07, 6.45) is 0. The number of aromatic nitrogens is 2. The average molecular weight is 404 g/mol. The molecule has 5 rings (SSSR count). The van der Waals surface area contributed by atoms with Crippen molar-refractivity contribution < 1.29 is 4.57 Å². The van der Waals surface area contributed by atoms with Gasteiger partial charge in [0.05, 0.1) is 12.6 Å². The monoisotopic (exact) mass is 403 g/mol. The summed E-state index contributed by atoms with van der Waals surface area (Å²) in [6, 6.07) is 32.6. The summed E-state index contributed by atoms with van der Waals surface area (Å²) in [4.78, 5) is 0. The van der Waals surface area contributed by atoms with Crippen molar-refractivity contribution in [3.05, 3.63) is 108 Å². The number of fused-ring (bicyclic) bond motifs is 1. The Morgan fingerprint density at radius 3 is 1.97 bits per heavy atom. The Hall–Kier alpha value is -3.65. The molecule has 0 unspecified atom stereocenters. The SMILES string of the molecule is Cc1ccccc1-c1n(C)c2cc(-c3ccccc3)ccc2[n+]1-c1c(C)cccc1C. The first-order valence-electron chi connectivity index (χ1n) is 10.8. The van der Waals surface area contributed by atoms with Crippen LogP contribution in [0.4, 0.5) is 0 Å². The third-order valence-electron chi connectivity index (χ3n) is 6.26. The van der Waals surface area contributed by atoms with E-state index in [-0.39, 0.29) is 0 Å². The molecule has 0 aliphatic heterocycles. The molecule has 1 heterocycles. The Bertz CT molecular complexity index is 1390. The number of hydrogen-bond acceptors (Lipinski definition) is 0. The van der Waals surface area contributed by atoms with E-state index in [4.69, 9.17) is 0 Å². The zero-order chi connectivity index (χ0) is 21.5. The molecule has 31 heavy (non-hydrogen) atoms. The van der Waals surface area contributed by atoms with Gasteiger partial charge in [-0.05, 0) is 72.9 Å². The first-order valence-corrected chi connectivity index (χ1v) is 10.8. The van der Waals surface area contributed by atoms with Crippen LogP contribution in [0.5, 0.6) is 0 Å². The highest BCUT2D eigenvalue weighted by molar-refractivity contribution is 5.83. The van der Waals surface area contributed by atoms with Gasteiger partial charge in [-0.25, -0.2) is 4.57 Å². The van der Waals surface area contributed by atoms with Crippen LogP contribution in [0.1, 0.15) is 16.7 Å². The number of imidazole rings is 1. The molecule has 0 aliphatic rings. The van der Waals surface area contributed by atoms with Gasteiger partial charge in [-0.2, -0.15) is 4.57 Å². The molecule has 0 aliphatic carbocycles. The summed E-state index contributed by atoms with van der Waals surface area (Å²) in [5.41, 5.74) is 11.3. The molecule has 2 nitrogen and oxygen atoms in total. The lowest BCUT2D eigenvalue weighted by Crippen LogP contribution is -2.35. The maximum atomic E-state index is 2.44. The van der Waals surface area contributed by atoms with Crippen molar-refractivity contribution >= 4 is 11.0 Å². The van der Waals surface area contributed by atoms with Crippen LogP contribution in [0, 0.1) is 20.8 Å². The second-order valence-corrected chi connectivity index (χ2v) is 8.34. The standard InChI is InChI=1S/C29H27N2/c1-20-11-8-9-16-25(20)29-30(4)27-19-24(23-14-6-5-7-15-23)17-18-26(27)31(29)28-21(2)12-10-13-22(28)3/h5-19H,1-4H3/q+1. The van der Waals surface area contributed by atoms with Gasteiger partial charge in [0.15, 0.2) is 11.0 Å². The molecule has 0 fully saturated rings. The van der Waals surface area contributed by atoms with E-state index in [1.807, 2.05) is 0 Å². The van der Waals surface area contributed by atoms with Gasteiger partial charge in [-0.3, -0.25) is 0 Å². The van der Waals surface area contributed by atoms with E-state index >= 15 is 0 Å². The number of benzene rings is 4. The van der Waals surface area contributed by atoms with Gasteiger partial charge in [0.25, 0.3) is 5.82 Å². The van der Waals surface area contributed by atoms with Gasteiger partial charge in [-0.1, -0.05) is 66.7 Å². The number of hydrogen-bond donors (Lipinski definition) is 0. The quantitative estimate of drug-likeness (QED) is 0.296. The van der Waals surface area contributed by atoms with E-state index in [9.17, 15) is 0 Å². The first-order chi connectivity index (χ1) is 15.1. The van der Waals surface area contributed by atoms with Gasteiger partial charge < -0.3 is 0 Å². The Morgan fingerprint density at radius 1 is 0.613 bits per heavy atom. The minimum Gasteiger partial charge on any atom is -0.225 e. The maximum absolute atomic E-state index is 2.44. The Kier molecular flexibility index (Phi) is 4.71. The fraction of sp³-hybridized carbons (Fsp3) is 0.138. The van der Waals surface area contributed by atoms with Crippen molar-refractivity contribution in [3.63, 3.8) is 0 Å². The summed E-state index contributed by atoms with van der Waals surface area (Å²) < 4.78 is 4.78. The van der Waals surface area contributed by atoms with E-state index in [1.54, 1.807) is 0 Å². The predicted octanol–water partition coefficient (Wildman–Crippen LogP) is 6.71. The second-order valence-electron chi connectivity index (χ2n) is 8.34. The number of nitrogens with zero attached hydrogens (tertiary/aromatic N) is 2. The number of para-hydroxylation sites is 1. The number of rotatable bonds is 3. The van der Waals surface area contributed by atoms with Crippen molar-refractivity contribution in [3.8, 4) is 28.2 Å². The van der Waals surface area contributed by atoms with E-state index < -0.39 is 0 Å². The van der Waals surface area contributed by atoms with Crippen molar-refractivity contribution in [1.82, 2.24) is 4.57 Å². The molecule has 0 saturated heterocycles. The molecule has 5 aromatic rings. The molecule has 0 radical (unpaired) electrons. The van der Waals surface area contributed by atoms with Gasteiger partial charge in [-0.15, -0.1) is 0 Å². The molecule has 4 aromatic carbocycles. The molecule has 0 saturated carbocycles. The lowest BCUT2D eigenvalue weighted by Gasteiger charge is -2.10. The maximum Gasteiger partial charge on any atom is 0.295 e. The zero-order valence-corrected chi connectivity index (χ0v) is 18.6. The van der Waals surface area contributed by atoms with Crippen molar-refractivity contribution in [2.24, 2.45) is 7.05 Å². The van der Waals surface area contributed by atoms with Crippen LogP contribution in [0.2, 0.25) is 0 Å². The van der Waals surface area contributed by atoms with Crippen LogP contribution < -0.4 is 4.57 Å². The fourth-order valence-electron chi connectivity index (χ4n) is 4.68.